The van der Waals surface area contributed by atoms with E-state index in [0.29, 0.717) is 91.6 Å². The van der Waals surface area contributed by atoms with E-state index in [9.17, 15) is 14.4 Å². The minimum Gasteiger partial charge on any atom is -0.490 e. The van der Waals surface area contributed by atoms with E-state index in [0.717, 1.165) is 34.5 Å². The average molecular weight is 866 g/mol. The molecule has 324 valence electrons. The van der Waals surface area contributed by atoms with Crippen LogP contribution in [0.15, 0.2) is 67.0 Å². The van der Waals surface area contributed by atoms with Crippen molar-refractivity contribution in [2.75, 3.05) is 36.9 Å². The number of rotatable bonds is 9. The van der Waals surface area contributed by atoms with Gasteiger partial charge in [-0.05, 0) is 98.5 Å². The number of fused-ring (bicyclic) bond motifs is 2. The first-order valence-corrected chi connectivity index (χ1v) is 21.9. The molecule has 2 aromatic carbocycles. The summed E-state index contributed by atoms with van der Waals surface area (Å²) in [6.45, 7) is 1.29. The number of hydrogen-bond donors (Lipinski definition) is 3. The Hall–Kier alpha value is -5.67. The van der Waals surface area contributed by atoms with Gasteiger partial charge in [-0.1, -0.05) is 49.1 Å². The fraction of sp³-hybridized carbons (Fsp3) is 0.435. The third kappa shape index (κ3) is 8.19. The molecule has 1 spiro atoms. The minimum atomic E-state index is -2.87. The lowest BCUT2D eigenvalue weighted by molar-refractivity contribution is -0.189. The number of imide groups is 1. The van der Waals surface area contributed by atoms with Crippen molar-refractivity contribution in [3.05, 3.63) is 94.4 Å². The maximum atomic E-state index is 16.1. The number of hydrogen-bond acceptors (Lipinski definition) is 10. The lowest BCUT2D eigenvalue weighted by Crippen LogP contribution is -2.57. The summed E-state index contributed by atoms with van der Waals surface area (Å²) in [7, 11) is 1.79. The molecule has 13 nitrogen and oxygen atoms in total. The largest absolute Gasteiger partial charge is 0.490 e. The van der Waals surface area contributed by atoms with Crippen LogP contribution in [0.2, 0.25) is 5.02 Å². The molecule has 5 aromatic rings. The number of amides is 3. The van der Waals surface area contributed by atoms with Gasteiger partial charge in [0.15, 0.2) is 11.5 Å². The van der Waals surface area contributed by atoms with Crippen LogP contribution in [0.3, 0.4) is 0 Å². The lowest BCUT2D eigenvalue weighted by atomic mass is 9.65. The molecule has 6 heterocycles. The number of carbonyl (C=O) groups is 3. The van der Waals surface area contributed by atoms with Crippen LogP contribution in [0.1, 0.15) is 97.3 Å². The predicted molar refractivity (Wildman–Crippen MR) is 232 cm³/mol. The molecule has 5 aliphatic rings. The van der Waals surface area contributed by atoms with Gasteiger partial charge in [-0.15, -0.1) is 5.10 Å². The number of nitrogens with two attached hydrogens (primary N) is 1. The third-order valence-electron chi connectivity index (χ3n) is 13.0. The van der Waals surface area contributed by atoms with Crippen molar-refractivity contribution in [3.8, 4) is 17.0 Å². The van der Waals surface area contributed by atoms with E-state index in [1.165, 1.54) is 30.0 Å². The Morgan fingerprint density at radius 1 is 0.984 bits per heavy atom. The van der Waals surface area contributed by atoms with Crippen molar-refractivity contribution in [1.29, 1.82) is 0 Å². The molecular formula is C46H50ClF2N9O4. The Labute approximate surface area is 363 Å². The zero-order chi connectivity index (χ0) is 43.2. The fourth-order valence-corrected chi connectivity index (χ4v) is 9.68. The summed E-state index contributed by atoms with van der Waals surface area (Å²) < 4.78 is 40.0. The summed E-state index contributed by atoms with van der Waals surface area (Å²) >= 11 is 6.44. The summed E-state index contributed by atoms with van der Waals surface area (Å²) in [6.07, 6.45) is 11.0. The van der Waals surface area contributed by atoms with Gasteiger partial charge in [0.2, 0.25) is 11.8 Å². The van der Waals surface area contributed by atoms with Crippen molar-refractivity contribution >= 4 is 52.2 Å². The van der Waals surface area contributed by atoms with Gasteiger partial charge in [0.05, 0.1) is 36.1 Å². The highest BCUT2D eigenvalue weighted by Gasteiger charge is 2.57. The summed E-state index contributed by atoms with van der Waals surface area (Å²) in [5.74, 6) is -3.52. The maximum absolute atomic E-state index is 16.1. The van der Waals surface area contributed by atoms with E-state index in [2.05, 4.69) is 20.5 Å². The number of carbonyl (C=O) groups excluding carboxylic acids is 3. The quantitative estimate of drug-likeness (QED) is 0.125. The van der Waals surface area contributed by atoms with Gasteiger partial charge in [-0.2, -0.15) is 0 Å². The molecule has 62 heavy (non-hydrogen) atoms. The van der Waals surface area contributed by atoms with Gasteiger partial charge >= 0.3 is 0 Å². The average Bonchev–Trinajstić information content (AvgIpc) is 3.98. The number of imidazole rings is 1. The van der Waals surface area contributed by atoms with Crippen LogP contribution in [0.5, 0.6) is 5.75 Å². The summed E-state index contributed by atoms with van der Waals surface area (Å²) in [4.78, 5) is 49.3. The second-order valence-corrected chi connectivity index (χ2v) is 17.6. The second kappa shape index (κ2) is 16.9. The van der Waals surface area contributed by atoms with Gasteiger partial charge in [-0.3, -0.25) is 29.6 Å². The molecule has 0 radical (unpaired) electrons. The minimum absolute atomic E-state index is 0.192. The monoisotopic (exact) mass is 865 g/mol. The number of piperidine rings is 2. The number of nitrogens with one attached hydrogen (secondary N) is 2. The van der Waals surface area contributed by atoms with Crippen LogP contribution >= 0.6 is 11.6 Å². The zero-order valence-electron chi connectivity index (χ0n) is 34.6. The Balaban J connectivity index is 0.00000157. The number of halogens is 3. The zero-order valence-corrected chi connectivity index (χ0v) is 35.4. The molecule has 10 rings (SSSR count). The van der Waals surface area contributed by atoms with Crippen molar-refractivity contribution in [1.82, 2.24) is 29.8 Å². The highest BCUT2D eigenvalue weighted by molar-refractivity contribution is 6.31. The number of pyridine rings is 1. The molecule has 4 N–H and O–H groups in total. The Kier molecular flexibility index (Phi) is 11.4. The van der Waals surface area contributed by atoms with Crippen molar-refractivity contribution < 1.29 is 27.9 Å². The number of likely N-dealkylation sites (tertiary alicyclic amines) is 1. The van der Waals surface area contributed by atoms with Crippen LogP contribution in [0, 0.1) is 5.41 Å². The molecule has 3 aromatic heterocycles. The van der Waals surface area contributed by atoms with E-state index in [-0.39, 0.29) is 36.6 Å². The standard InChI is InChI=1S/C43H44ClF2N9O4.C3H6/c1-48-34-20-37(52-55-36(39(47)57)22-50-40(34)55)54-17-13-29-28(3-2-4-35(29)54)33-9-5-25(21-49-33)23-53-18-16-42(43(45,46)24-53)14-11-26(12-15-42)59-27-6-8-32(44)31(19-27)30-7-10-38(56)51-41(30)58;1-2-3-1/h2-6,8-9,19-22,26,30,48H,7,10-18,23-24H2,1H3,(H2,47,57)(H,51,56,58);1-3H2. The Morgan fingerprint density at radius 3 is 2.48 bits per heavy atom. The molecule has 2 saturated carbocycles. The highest BCUT2D eigenvalue weighted by Crippen LogP contribution is 2.53. The van der Waals surface area contributed by atoms with Crippen LogP contribution in [0.25, 0.3) is 16.9 Å². The van der Waals surface area contributed by atoms with Crippen molar-refractivity contribution in [2.24, 2.45) is 11.1 Å². The van der Waals surface area contributed by atoms with Crippen molar-refractivity contribution in [3.63, 3.8) is 0 Å². The Morgan fingerprint density at radius 2 is 1.79 bits per heavy atom. The maximum Gasteiger partial charge on any atom is 0.269 e. The highest BCUT2D eigenvalue weighted by atomic mass is 35.5. The molecule has 1 unspecified atom stereocenters. The molecule has 2 aliphatic carbocycles. The number of primary amides is 1. The molecule has 1 atom stereocenters. The molecule has 16 heteroatoms. The number of alkyl halides is 2. The first-order valence-electron chi connectivity index (χ1n) is 21.5. The number of benzene rings is 2. The fourth-order valence-electron chi connectivity index (χ4n) is 9.43. The third-order valence-corrected chi connectivity index (χ3v) is 13.4. The second-order valence-electron chi connectivity index (χ2n) is 17.2. The first-order chi connectivity index (χ1) is 29.9. The molecule has 0 bridgehead atoms. The van der Waals surface area contributed by atoms with Crippen LogP contribution < -0.4 is 26.0 Å². The number of anilines is 3. The van der Waals surface area contributed by atoms with E-state index in [4.69, 9.17) is 32.2 Å². The number of nitrogens with zero attached hydrogens (tertiary/aromatic N) is 6. The molecule has 3 aliphatic heterocycles. The molecule has 3 amide bonds. The van der Waals surface area contributed by atoms with E-state index in [1.807, 2.05) is 41.3 Å². The van der Waals surface area contributed by atoms with Gasteiger partial charge in [0, 0.05) is 60.5 Å². The summed E-state index contributed by atoms with van der Waals surface area (Å²) in [5, 5.41) is 10.7. The van der Waals surface area contributed by atoms with Gasteiger partial charge in [0.25, 0.3) is 11.8 Å². The summed E-state index contributed by atoms with van der Waals surface area (Å²) in [5.41, 5.74) is 11.3. The van der Waals surface area contributed by atoms with E-state index in [1.54, 1.807) is 31.4 Å². The Bertz CT molecular complexity index is 2520. The number of aromatic nitrogens is 4. The van der Waals surface area contributed by atoms with Gasteiger partial charge < -0.3 is 20.7 Å². The van der Waals surface area contributed by atoms with Crippen LogP contribution in [0.4, 0.5) is 26.0 Å². The topological polar surface area (TPSA) is 160 Å². The van der Waals surface area contributed by atoms with Gasteiger partial charge in [-0.25, -0.2) is 18.3 Å². The van der Waals surface area contributed by atoms with E-state index < -0.39 is 23.2 Å². The predicted octanol–water partition coefficient (Wildman–Crippen LogP) is 7.82. The van der Waals surface area contributed by atoms with Crippen LogP contribution in [-0.2, 0) is 22.6 Å². The molecule has 4 fully saturated rings. The van der Waals surface area contributed by atoms with Gasteiger partial charge in [0.1, 0.15) is 11.4 Å². The number of ether oxygens (including phenoxy) is 1. The smallest absolute Gasteiger partial charge is 0.269 e. The van der Waals surface area contributed by atoms with E-state index >= 15 is 8.78 Å². The normalized spacial score (nSPS) is 23.1. The lowest BCUT2D eigenvalue weighted by Gasteiger charge is -2.50. The SMILES string of the molecule is C1CC1.CNc1cc(N2CCc3c(-c4ccc(CN5CCC6(CCC(Oc7ccc(Cl)c(C8CCC(=O)NC8=O)c7)CC6)C(F)(F)C5)cn4)cccc32)nn2c(C(N)=O)cnc12. The molecular weight excluding hydrogens is 816 g/mol. The van der Waals surface area contributed by atoms with Crippen LogP contribution in [-0.4, -0.2) is 80.9 Å². The first kappa shape index (κ1) is 41.7. The van der Waals surface area contributed by atoms with Crippen molar-refractivity contribution in [2.45, 2.75) is 95.1 Å². The molecule has 2 saturated heterocycles. The summed E-state index contributed by atoms with van der Waals surface area (Å²) in [6, 6.07) is 17.1.